The van der Waals surface area contributed by atoms with E-state index in [1.165, 1.54) is 0 Å². The van der Waals surface area contributed by atoms with E-state index in [1.54, 1.807) is 49.6 Å². The van der Waals surface area contributed by atoms with E-state index in [0.717, 1.165) is 87.2 Å². The fourth-order valence-electron chi connectivity index (χ4n) is 6.72. The van der Waals surface area contributed by atoms with E-state index in [-0.39, 0.29) is 484 Å². The summed E-state index contributed by atoms with van der Waals surface area (Å²) >= 11 is 0. The molecule has 0 fully saturated rings. The minimum Gasteiger partial charge on any atom is -2.00 e. The van der Waals surface area contributed by atoms with Crippen LogP contribution in [0.2, 0.25) is 0 Å². The molecule has 2 radical (unpaired) electrons. The van der Waals surface area contributed by atoms with E-state index in [1.807, 2.05) is 48.5 Å². The largest absolute Gasteiger partial charge is 2.00 e. The van der Waals surface area contributed by atoms with E-state index >= 15 is 0 Å². The van der Waals surface area contributed by atoms with Crippen molar-refractivity contribution in [3.8, 4) is 0 Å². The molecule has 111 heavy (non-hydrogen) atoms. The van der Waals surface area contributed by atoms with Gasteiger partial charge in [-0.05, 0) is 48.5 Å². The summed E-state index contributed by atoms with van der Waals surface area (Å²) in [4.78, 5) is 60.4. The first-order valence-corrected chi connectivity index (χ1v) is 20.3. The van der Waals surface area contributed by atoms with Crippen LogP contribution in [0.3, 0.4) is 0 Å². The molecule has 0 N–H and O–H groups in total. The maximum absolute atomic E-state index is 8.55. The van der Waals surface area contributed by atoms with Crippen LogP contribution in [0.1, 0.15) is 0 Å². The molecule has 0 aliphatic carbocycles. The zero-order valence-electron chi connectivity index (χ0n) is 52.3. The third-order valence-corrected chi connectivity index (χ3v) is 9.38. The van der Waals surface area contributed by atoms with Gasteiger partial charge in [-0.2, -0.15) is 7.82 Å². The smallest absolute Gasteiger partial charge is 2.00 e. The number of hydrogen-bond donors (Lipinski definition) is 0. The fourth-order valence-corrected chi connectivity index (χ4v) is 6.72. The Balaban J connectivity index is -0.0000000116. The van der Waals surface area contributed by atoms with Gasteiger partial charge < -0.3 is 216 Å². The van der Waals surface area contributed by atoms with Gasteiger partial charge in [0.1, 0.15) is 0 Å². The van der Waals surface area contributed by atoms with Crippen LogP contribution in [0.5, 0.6) is 0 Å². The third kappa shape index (κ3) is 83.6. The number of rotatable bonds is 0. The van der Waals surface area contributed by atoms with Crippen LogP contribution in [-0.2, 0) is 489 Å². The third-order valence-electron chi connectivity index (χ3n) is 9.38. The van der Waals surface area contributed by atoms with Gasteiger partial charge in [0.15, 0.2) is 0 Å². The second-order valence-corrected chi connectivity index (χ2v) is 14.2. The van der Waals surface area contributed by atoms with Crippen molar-refractivity contribution in [2.45, 2.75) is 0 Å². The first-order chi connectivity index (χ1) is 29.8. The average Bonchev–Trinajstić information content (AvgIpc) is 3.31. The molecule has 4 aromatic carbocycles. The molecule has 12 rings (SSSR count). The normalized spacial score (nSPS) is 6.01. The van der Waals surface area contributed by atoms with Gasteiger partial charge in [-0.1, -0.05) is 97.1 Å². The van der Waals surface area contributed by atoms with Crippen molar-refractivity contribution in [3.05, 3.63) is 195 Å². The molecular weight excluding hydrogens is 2640 g/mol. The molecule has 0 bridgehead atoms. The van der Waals surface area contributed by atoms with Crippen molar-refractivity contribution in [1.29, 1.82) is 0 Å². The van der Waals surface area contributed by atoms with Crippen LogP contribution in [0.15, 0.2) is 195 Å². The molecule has 0 aliphatic rings. The zero-order chi connectivity index (χ0) is 42.0. The Labute approximate surface area is 823 Å². The summed E-state index contributed by atoms with van der Waals surface area (Å²) < 4.78 is 8.55. The van der Waals surface area contributed by atoms with Crippen molar-refractivity contribution in [2.24, 2.45) is 0 Å². The standard InChI is InChI=1S/4C12H8N2.2Cu.12Mo.H3O4P.36O/c4*1-3-9-5-6-10-4-2-8-14-12(10)11(9)13-7-1;;;;;;;;;;;;;;;1-5(2,3)4;;;;;;;;;;;;;;;;;;;;;;;;;;;;;;;;;;;;/h4*1-8H;;;;;;;;;;;;;;;(H3,1,2,3,4);;;;;;;;;;;;;;;;;;;;;;;;;;;;;;;;;;;;/q;;;;2*+2;;;;;;;;;;;;;;36*-2/p-3. The predicted molar refractivity (Wildman–Crippen MR) is 260 cm³/mol. The van der Waals surface area contributed by atoms with Crippen molar-refractivity contribution in [1.82, 2.24) is 39.9 Å². The Bertz CT molecular complexity index is 2970. The van der Waals surface area contributed by atoms with Gasteiger partial charge in [0.25, 0.3) is 0 Å². The maximum Gasteiger partial charge on any atom is 2.00 e. The molecular formula is C48H32Cu2Mo12N8O40P-71. The summed E-state index contributed by atoms with van der Waals surface area (Å²) in [7, 11) is -5.39. The minimum absolute atomic E-state index is 0. The molecule has 8 aromatic heterocycles. The molecule has 12 aromatic rings. The second-order valence-electron chi connectivity index (χ2n) is 13.3. The first-order valence-electron chi connectivity index (χ1n) is 18.9. The van der Waals surface area contributed by atoms with Crippen molar-refractivity contribution in [2.75, 3.05) is 0 Å². The van der Waals surface area contributed by atoms with Crippen molar-refractivity contribution in [3.63, 3.8) is 0 Å². The number of hydrogen-bond acceptors (Lipinski definition) is 12. The topological polar surface area (TPSA) is 1220 Å². The Hall–Kier alpha value is 0.129. The predicted octanol–water partition coefficient (Wildman–Crippen LogP) is 4.00. The molecule has 0 spiro atoms. The van der Waals surface area contributed by atoms with E-state index < -0.39 is 7.82 Å². The molecule has 0 aliphatic heterocycles. The van der Waals surface area contributed by atoms with Gasteiger partial charge in [0.2, 0.25) is 0 Å². The van der Waals surface area contributed by atoms with Gasteiger partial charge in [0.05, 0.1) is 44.1 Å². The van der Waals surface area contributed by atoms with E-state index in [4.69, 9.17) is 19.2 Å². The van der Waals surface area contributed by atoms with Crippen molar-refractivity contribution < 1.29 is 503 Å². The van der Waals surface area contributed by atoms with Gasteiger partial charge in [-0.25, -0.2) is 0 Å². The molecule has 0 amide bonds. The zero-order valence-corrected chi connectivity index (χ0v) is 79.2. The quantitative estimate of drug-likeness (QED) is 0.118. The number of aromatic nitrogens is 8. The van der Waals surface area contributed by atoms with E-state index in [9.17, 15) is 0 Å². The van der Waals surface area contributed by atoms with Crippen LogP contribution >= 0.6 is 7.82 Å². The number of benzene rings is 4. The Morgan fingerprint density at radius 1 is 0.162 bits per heavy atom. The molecule has 0 saturated carbocycles. The van der Waals surface area contributed by atoms with Gasteiger partial charge >= 0.3 is 34.1 Å². The van der Waals surface area contributed by atoms with Crippen LogP contribution in [0.25, 0.3) is 87.2 Å². The Morgan fingerprint density at radius 3 is 0.288 bits per heavy atom. The van der Waals surface area contributed by atoms with E-state index in [2.05, 4.69) is 137 Å². The maximum atomic E-state index is 8.55. The van der Waals surface area contributed by atoms with Crippen LogP contribution in [-0.4, -0.2) is 39.9 Å². The van der Waals surface area contributed by atoms with Gasteiger partial charge in [0, 0.05) is 345 Å². The Morgan fingerprint density at radius 2 is 0.225 bits per heavy atom. The summed E-state index contributed by atoms with van der Waals surface area (Å²) in [5, 5.41) is 9.10. The van der Waals surface area contributed by atoms with Crippen LogP contribution in [0, 0.1) is 0 Å². The number of phosphoric acid groups is 1. The summed E-state index contributed by atoms with van der Waals surface area (Å²) in [5.41, 5.74) is 7.82. The minimum atomic E-state index is -5.39. The van der Waals surface area contributed by atoms with Gasteiger partial charge in [-0.15, -0.1) is 0 Å². The second kappa shape index (κ2) is 148. The molecule has 0 unspecified atom stereocenters. The molecule has 63 heteroatoms. The van der Waals surface area contributed by atoms with E-state index in [0.29, 0.717) is 0 Å². The van der Waals surface area contributed by atoms with Gasteiger partial charge in [-0.3, -0.25) is 39.9 Å². The first kappa shape index (κ1) is 290. The van der Waals surface area contributed by atoms with Crippen LogP contribution in [0.4, 0.5) is 0 Å². The monoisotopic (exact) mass is 2690 g/mol. The van der Waals surface area contributed by atoms with Crippen LogP contribution < -0.4 is 14.7 Å². The molecule has 674 valence electrons. The number of pyridine rings is 8. The fraction of sp³-hybridized carbons (Fsp3) is 0. The molecule has 0 atom stereocenters. The molecule has 0 saturated heterocycles. The summed E-state index contributed by atoms with van der Waals surface area (Å²) in [6.45, 7) is 0. The van der Waals surface area contributed by atoms with Crippen molar-refractivity contribution >= 4 is 95.0 Å². The SMILES string of the molecule is O=P([O-])([O-])[O-].[Cu+2].[Cu+2].[Mo].[Mo].[Mo].[Mo].[Mo].[Mo].[Mo].[Mo].[Mo].[Mo].[Mo].[Mo].[O-2].[O-2].[O-2].[O-2].[O-2].[O-2].[O-2].[O-2].[O-2].[O-2].[O-2].[O-2].[O-2].[O-2].[O-2].[O-2].[O-2].[O-2].[O-2].[O-2].[O-2].[O-2].[O-2].[O-2].[O-2].[O-2].[O-2].[O-2].[O-2].[O-2].[O-2].[O-2].[O-2].[O-2].[O-2].[O-2].c1cnc2c(c1)ccc1cccnc12.c1cnc2c(c1)ccc1cccnc12.c1cnc2c(c1)ccc1cccnc12.c1cnc2c(c1)ccc1cccnc12. The average molecular weight is 2670 g/mol. The Kier molecular flexibility index (Phi) is 387. The molecule has 48 nitrogen and oxygen atoms in total. The summed E-state index contributed by atoms with van der Waals surface area (Å²) in [5.74, 6) is 0. The summed E-state index contributed by atoms with van der Waals surface area (Å²) in [6.07, 6.45) is 14.4. The molecule has 8 heterocycles. The number of nitrogens with zero attached hydrogens (tertiary/aromatic N) is 8. The number of fused-ring (bicyclic) bond motifs is 12. The summed E-state index contributed by atoms with van der Waals surface area (Å²) in [6, 6.07) is 48.6.